The fourth-order valence-electron chi connectivity index (χ4n) is 2.35. The number of ether oxygens (including phenoxy) is 1. The molecule has 0 aliphatic rings. The molecule has 0 saturated carbocycles. The number of rotatable bonds is 5. The van der Waals surface area contributed by atoms with Crippen molar-refractivity contribution in [3.05, 3.63) is 53.9 Å². The highest BCUT2D eigenvalue weighted by Crippen LogP contribution is 2.33. The lowest BCUT2D eigenvalue weighted by Crippen LogP contribution is -2.20. The molecule has 2 N–H and O–H groups in total. The number of nitrogens with zero attached hydrogens (tertiary/aromatic N) is 2. The second-order valence-corrected chi connectivity index (χ2v) is 4.89. The van der Waals surface area contributed by atoms with Gasteiger partial charge in [-0.1, -0.05) is 6.07 Å². The summed E-state index contributed by atoms with van der Waals surface area (Å²) in [5, 5.41) is 0. The summed E-state index contributed by atoms with van der Waals surface area (Å²) < 4.78 is 5.43. The monoisotopic (exact) mass is 271 g/mol. The Hall–Kier alpha value is -2.07. The van der Waals surface area contributed by atoms with Gasteiger partial charge in [0.05, 0.1) is 7.11 Å². The van der Waals surface area contributed by atoms with Crippen LogP contribution >= 0.6 is 0 Å². The van der Waals surface area contributed by atoms with Crippen LogP contribution in [0.15, 0.2) is 42.7 Å². The summed E-state index contributed by atoms with van der Waals surface area (Å²) in [6, 6.07) is 9.96. The van der Waals surface area contributed by atoms with Crippen LogP contribution in [0.5, 0.6) is 5.75 Å². The molecular weight excluding hydrogens is 250 g/mol. The van der Waals surface area contributed by atoms with Gasteiger partial charge in [-0.3, -0.25) is 4.98 Å². The number of anilines is 1. The molecule has 0 amide bonds. The van der Waals surface area contributed by atoms with Crippen LogP contribution in [0, 0.1) is 0 Å². The van der Waals surface area contributed by atoms with Crippen molar-refractivity contribution in [1.82, 2.24) is 4.98 Å². The van der Waals surface area contributed by atoms with Crippen LogP contribution in [0.2, 0.25) is 0 Å². The maximum absolute atomic E-state index is 6.11. The van der Waals surface area contributed by atoms with E-state index < -0.39 is 0 Å². The molecule has 2 rings (SSSR count). The Bertz CT molecular complexity index is 555. The van der Waals surface area contributed by atoms with Gasteiger partial charge in [0.2, 0.25) is 0 Å². The highest BCUT2D eigenvalue weighted by Gasteiger charge is 2.16. The van der Waals surface area contributed by atoms with E-state index >= 15 is 0 Å². The molecule has 1 aromatic carbocycles. The highest BCUT2D eigenvalue weighted by molar-refractivity contribution is 5.60. The summed E-state index contributed by atoms with van der Waals surface area (Å²) in [5.74, 6) is 0.832. The van der Waals surface area contributed by atoms with Gasteiger partial charge in [0.15, 0.2) is 0 Å². The van der Waals surface area contributed by atoms with Crippen molar-refractivity contribution in [2.75, 3.05) is 19.1 Å². The lowest BCUT2D eigenvalue weighted by molar-refractivity contribution is 0.407. The molecular formula is C16H21N3O. The minimum absolute atomic E-state index is 0.0824. The van der Waals surface area contributed by atoms with Gasteiger partial charge < -0.3 is 15.4 Å². The van der Waals surface area contributed by atoms with E-state index in [1.54, 1.807) is 19.5 Å². The Morgan fingerprint density at radius 3 is 2.55 bits per heavy atom. The average molecular weight is 271 g/mol. The quantitative estimate of drug-likeness (QED) is 0.908. The van der Waals surface area contributed by atoms with Gasteiger partial charge in [-0.05, 0) is 36.8 Å². The van der Waals surface area contributed by atoms with E-state index in [-0.39, 0.29) is 6.04 Å². The second-order valence-electron chi connectivity index (χ2n) is 4.89. The van der Waals surface area contributed by atoms with Crippen LogP contribution in [0.4, 0.5) is 5.69 Å². The SMILES string of the molecule is COc1cccc(N(C)Cc2ccncc2)c1[C@H](C)N. The standard InChI is InChI=1S/C16H21N3O/c1-12(17)16-14(5-4-6-15(16)20-3)19(2)11-13-7-9-18-10-8-13/h4-10,12H,11,17H2,1-3H3/t12-/m0/s1. The van der Waals surface area contributed by atoms with Crippen molar-refractivity contribution in [2.45, 2.75) is 19.5 Å². The van der Waals surface area contributed by atoms with Gasteiger partial charge >= 0.3 is 0 Å². The first-order valence-electron chi connectivity index (χ1n) is 6.66. The zero-order valence-electron chi connectivity index (χ0n) is 12.2. The lowest BCUT2D eigenvalue weighted by atomic mass is 10.0. The van der Waals surface area contributed by atoms with E-state index in [0.29, 0.717) is 0 Å². The molecule has 106 valence electrons. The number of nitrogens with two attached hydrogens (primary N) is 1. The second kappa shape index (κ2) is 6.39. The largest absolute Gasteiger partial charge is 0.496 e. The van der Waals surface area contributed by atoms with Crippen molar-refractivity contribution >= 4 is 5.69 Å². The Labute approximate surface area is 120 Å². The first kappa shape index (κ1) is 14.3. The topological polar surface area (TPSA) is 51.4 Å². The van der Waals surface area contributed by atoms with Crippen LogP contribution in [0.1, 0.15) is 24.1 Å². The van der Waals surface area contributed by atoms with E-state index in [2.05, 4.69) is 23.0 Å². The summed E-state index contributed by atoms with van der Waals surface area (Å²) in [5.41, 5.74) is 9.44. The van der Waals surface area contributed by atoms with E-state index in [1.807, 2.05) is 31.2 Å². The van der Waals surface area contributed by atoms with Crippen LogP contribution < -0.4 is 15.4 Å². The van der Waals surface area contributed by atoms with E-state index in [1.165, 1.54) is 5.56 Å². The fraction of sp³-hybridized carbons (Fsp3) is 0.312. The number of hydrogen-bond acceptors (Lipinski definition) is 4. The number of benzene rings is 1. The fourth-order valence-corrected chi connectivity index (χ4v) is 2.35. The number of aromatic nitrogens is 1. The minimum atomic E-state index is -0.0824. The molecule has 20 heavy (non-hydrogen) atoms. The van der Waals surface area contributed by atoms with Gasteiger partial charge in [0.25, 0.3) is 0 Å². The van der Waals surface area contributed by atoms with Crippen molar-refractivity contribution in [2.24, 2.45) is 5.73 Å². The van der Waals surface area contributed by atoms with Gasteiger partial charge in [-0.2, -0.15) is 0 Å². The Morgan fingerprint density at radius 1 is 1.25 bits per heavy atom. The first-order valence-corrected chi connectivity index (χ1v) is 6.66. The lowest BCUT2D eigenvalue weighted by Gasteiger charge is -2.25. The van der Waals surface area contributed by atoms with Crippen molar-refractivity contribution in [3.8, 4) is 5.75 Å². The maximum atomic E-state index is 6.11. The molecule has 0 unspecified atom stereocenters. The third-order valence-corrected chi connectivity index (χ3v) is 3.30. The Kier molecular flexibility index (Phi) is 4.58. The third-order valence-electron chi connectivity index (χ3n) is 3.30. The molecule has 0 bridgehead atoms. The molecule has 1 aromatic heterocycles. The third kappa shape index (κ3) is 3.08. The minimum Gasteiger partial charge on any atom is -0.496 e. The zero-order chi connectivity index (χ0) is 14.5. The molecule has 0 radical (unpaired) electrons. The molecule has 0 aliphatic heterocycles. The number of hydrogen-bond donors (Lipinski definition) is 1. The van der Waals surface area contributed by atoms with E-state index in [9.17, 15) is 0 Å². The van der Waals surface area contributed by atoms with Gasteiger partial charge in [-0.15, -0.1) is 0 Å². The molecule has 1 heterocycles. The molecule has 2 aromatic rings. The molecule has 0 fully saturated rings. The van der Waals surface area contributed by atoms with Crippen LogP contribution in [-0.2, 0) is 6.54 Å². The maximum Gasteiger partial charge on any atom is 0.125 e. The van der Waals surface area contributed by atoms with Gasteiger partial charge in [0, 0.05) is 43.3 Å². The molecule has 1 atom stereocenters. The Morgan fingerprint density at radius 2 is 1.95 bits per heavy atom. The summed E-state index contributed by atoms with van der Waals surface area (Å²) in [4.78, 5) is 6.22. The average Bonchev–Trinajstić information content (AvgIpc) is 2.47. The zero-order valence-corrected chi connectivity index (χ0v) is 12.2. The van der Waals surface area contributed by atoms with Gasteiger partial charge in [0.1, 0.15) is 5.75 Å². The normalized spacial score (nSPS) is 12.0. The molecule has 0 spiro atoms. The van der Waals surface area contributed by atoms with Crippen molar-refractivity contribution in [3.63, 3.8) is 0 Å². The first-order chi connectivity index (χ1) is 9.63. The van der Waals surface area contributed by atoms with Crippen LogP contribution in [0.25, 0.3) is 0 Å². The highest BCUT2D eigenvalue weighted by atomic mass is 16.5. The van der Waals surface area contributed by atoms with Gasteiger partial charge in [-0.25, -0.2) is 0 Å². The predicted octanol–water partition coefficient (Wildman–Crippen LogP) is 2.75. The summed E-state index contributed by atoms with van der Waals surface area (Å²) in [6.07, 6.45) is 3.61. The van der Waals surface area contributed by atoms with Crippen molar-refractivity contribution < 1.29 is 4.74 Å². The summed E-state index contributed by atoms with van der Waals surface area (Å²) in [7, 11) is 3.73. The molecule has 4 heteroatoms. The molecule has 0 saturated heterocycles. The summed E-state index contributed by atoms with van der Waals surface area (Å²) in [6.45, 7) is 2.77. The van der Waals surface area contributed by atoms with E-state index in [4.69, 9.17) is 10.5 Å². The Balaban J connectivity index is 2.32. The van der Waals surface area contributed by atoms with Crippen LogP contribution in [0.3, 0.4) is 0 Å². The van der Waals surface area contributed by atoms with E-state index in [0.717, 1.165) is 23.5 Å². The number of methoxy groups -OCH3 is 1. The molecule has 0 aliphatic carbocycles. The summed E-state index contributed by atoms with van der Waals surface area (Å²) >= 11 is 0. The van der Waals surface area contributed by atoms with Crippen molar-refractivity contribution in [1.29, 1.82) is 0 Å². The number of pyridine rings is 1. The van der Waals surface area contributed by atoms with Crippen LogP contribution in [-0.4, -0.2) is 19.1 Å². The smallest absolute Gasteiger partial charge is 0.125 e. The predicted molar refractivity (Wildman–Crippen MR) is 81.9 cm³/mol. The molecule has 4 nitrogen and oxygen atoms in total.